The van der Waals surface area contributed by atoms with Crippen molar-refractivity contribution in [2.24, 2.45) is 5.92 Å². The van der Waals surface area contributed by atoms with E-state index in [9.17, 15) is 4.79 Å². The van der Waals surface area contributed by atoms with Gasteiger partial charge in [0.1, 0.15) is 0 Å². The van der Waals surface area contributed by atoms with Crippen LogP contribution in [0.3, 0.4) is 0 Å². The van der Waals surface area contributed by atoms with Crippen molar-refractivity contribution in [2.45, 2.75) is 25.8 Å². The maximum absolute atomic E-state index is 12.2. The summed E-state index contributed by atoms with van der Waals surface area (Å²) in [5, 5.41) is 6.48. The molecule has 2 N–H and O–H groups in total. The second-order valence-corrected chi connectivity index (χ2v) is 5.70. The Morgan fingerprint density at radius 3 is 2.94 bits per heavy atom. The summed E-state index contributed by atoms with van der Waals surface area (Å²) in [4.78, 5) is 12.2. The van der Waals surface area contributed by atoms with E-state index in [1.165, 1.54) is 12.8 Å². The molecule has 18 heavy (non-hydrogen) atoms. The summed E-state index contributed by atoms with van der Waals surface area (Å²) in [6.07, 6.45) is 2.38. The molecule has 1 amide bonds. The first-order valence-corrected chi connectivity index (χ1v) is 7.24. The lowest BCUT2D eigenvalue weighted by atomic mass is 9.92. The van der Waals surface area contributed by atoms with Crippen LogP contribution in [-0.4, -0.2) is 25.0 Å². The second-order valence-electron chi connectivity index (χ2n) is 4.85. The normalized spacial score (nSPS) is 21.3. The lowest BCUT2D eigenvalue weighted by molar-refractivity contribution is 0.0921. The fourth-order valence-corrected chi connectivity index (χ4v) is 2.82. The van der Waals surface area contributed by atoms with E-state index in [1.54, 1.807) is 0 Å². The predicted molar refractivity (Wildman–Crippen MR) is 76.7 cm³/mol. The predicted octanol–water partition coefficient (Wildman–Crippen LogP) is 2.57. The van der Waals surface area contributed by atoms with Gasteiger partial charge in [-0.2, -0.15) is 0 Å². The highest BCUT2D eigenvalue weighted by Crippen LogP contribution is 2.18. The Morgan fingerprint density at radius 1 is 1.50 bits per heavy atom. The third-order valence-corrected chi connectivity index (χ3v) is 4.21. The Labute approximate surface area is 116 Å². The second kappa shape index (κ2) is 6.34. The van der Waals surface area contributed by atoms with Gasteiger partial charge in [0.2, 0.25) is 0 Å². The van der Waals surface area contributed by atoms with E-state index < -0.39 is 0 Å². The van der Waals surface area contributed by atoms with E-state index in [0.29, 0.717) is 11.5 Å². The van der Waals surface area contributed by atoms with Crippen LogP contribution in [0.4, 0.5) is 0 Å². The molecule has 98 valence electrons. The number of rotatable bonds is 3. The van der Waals surface area contributed by atoms with E-state index in [-0.39, 0.29) is 11.9 Å². The van der Waals surface area contributed by atoms with Crippen molar-refractivity contribution in [3.05, 3.63) is 34.3 Å². The molecular weight excluding hydrogens is 292 g/mol. The molecule has 2 atom stereocenters. The zero-order valence-corrected chi connectivity index (χ0v) is 12.2. The van der Waals surface area contributed by atoms with Crippen molar-refractivity contribution < 1.29 is 4.79 Å². The number of amides is 1. The topological polar surface area (TPSA) is 41.1 Å². The summed E-state index contributed by atoms with van der Waals surface area (Å²) in [7, 11) is 0. The minimum Gasteiger partial charge on any atom is -0.349 e. The van der Waals surface area contributed by atoms with Crippen LogP contribution in [0, 0.1) is 5.92 Å². The molecule has 0 aliphatic carbocycles. The molecule has 2 rings (SSSR count). The molecular formula is C14H19BrN2O. The average molecular weight is 311 g/mol. The van der Waals surface area contributed by atoms with E-state index in [1.807, 2.05) is 24.3 Å². The number of benzene rings is 1. The largest absolute Gasteiger partial charge is 0.349 e. The summed E-state index contributed by atoms with van der Waals surface area (Å²) in [6, 6.07) is 7.73. The van der Waals surface area contributed by atoms with Gasteiger partial charge in [0.15, 0.2) is 0 Å². The van der Waals surface area contributed by atoms with Gasteiger partial charge < -0.3 is 10.6 Å². The summed E-state index contributed by atoms with van der Waals surface area (Å²) < 4.78 is 0.844. The molecule has 0 aromatic heterocycles. The van der Waals surface area contributed by atoms with Crippen LogP contribution >= 0.6 is 15.9 Å². The Bertz CT molecular complexity index is 416. The molecule has 0 saturated carbocycles. The quantitative estimate of drug-likeness (QED) is 0.901. The van der Waals surface area contributed by atoms with Crippen molar-refractivity contribution in [3.8, 4) is 0 Å². The van der Waals surface area contributed by atoms with Crippen LogP contribution in [0.15, 0.2) is 28.7 Å². The molecule has 2 unspecified atom stereocenters. The molecule has 1 fully saturated rings. The lowest BCUT2D eigenvalue weighted by Gasteiger charge is -2.29. The van der Waals surface area contributed by atoms with Gasteiger partial charge in [-0.05, 0) is 66.8 Å². The summed E-state index contributed by atoms with van der Waals surface area (Å²) in [5.74, 6) is 0.533. The van der Waals surface area contributed by atoms with Crippen LogP contribution in [0.2, 0.25) is 0 Å². The van der Waals surface area contributed by atoms with Gasteiger partial charge in [-0.15, -0.1) is 0 Å². The molecule has 1 aromatic rings. The fourth-order valence-electron chi connectivity index (χ4n) is 2.35. The Balaban J connectivity index is 1.96. The van der Waals surface area contributed by atoms with Crippen LogP contribution in [-0.2, 0) is 0 Å². The number of carbonyl (C=O) groups is 1. The van der Waals surface area contributed by atoms with E-state index in [4.69, 9.17) is 0 Å². The first kappa shape index (κ1) is 13.6. The third kappa shape index (κ3) is 3.33. The van der Waals surface area contributed by atoms with Crippen LogP contribution < -0.4 is 10.6 Å². The van der Waals surface area contributed by atoms with Gasteiger partial charge in [-0.1, -0.05) is 12.1 Å². The Morgan fingerprint density at radius 2 is 2.28 bits per heavy atom. The first-order chi connectivity index (χ1) is 8.68. The van der Waals surface area contributed by atoms with Crippen molar-refractivity contribution >= 4 is 21.8 Å². The van der Waals surface area contributed by atoms with Crippen LogP contribution in [0.25, 0.3) is 0 Å². The van der Waals surface area contributed by atoms with Crippen molar-refractivity contribution in [1.82, 2.24) is 10.6 Å². The lowest BCUT2D eigenvalue weighted by Crippen LogP contribution is -2.44. The van der Waals surface area contributed by atoms with Crippen molar-refractivity contribution in [3.63, 3.8) is 0 Å². The average Bonchev–Trinajstić information content (AvgIpc) is 2.40. The monoisotopic (exact) mass is 310 g/mol. The van der Waals surface area contributed by atoms with Crippen LogP contribution in [0.1, 0.15) is 30.1 Å². The number of piperidine rings is 1. The summed E-state index contributed by atoms with van der Waals surface area (Å²) >= 11 is 3.41. The zero-order chi connectivity index (χ0) is 13.0. The highest BCUT2D eigenvalue weighted by atomic mass is 79.9. The molecule has 4 heteroatoms. The van der Waals surface area contributed by atoms with E-state index >= 15 is 0 Å². The minimum atomic E-state index is 0.000508. The van der Waals surface area contributed by atoms with Gasteiger partial charge in [0.05, 0.1) is 5.56 Å². The zero-order valence-electron chi connectivity index (χ0n) is 10.6. The minimum absolute atomic E-state index is 0.000508. The number of carbonyl (C=O) groups excluding carboxylic acids is 1. The number of nitrogens with one attached hydrogen (secondary N) is 2. The molecule has 1 aromatic carbocycles. The van der Waals surface area contributed by atoms with E-state index in [2.05, 4.69) is 33.5 Å². The SMILES string of the molecule is CC(NC(=O)c1ccccc1Br)C1CCCNC1. The number of hydrogen-bond acceptors (Lipinski definition) is 2. The molecule has 1 saturated heterocycles. The summed E-state index contributed by atoms with van der Waals surface area (Å²) in [5.41, 5.74) is 0.702. The van der Waals surface area contributed by atoms with Gasteiger partial charge in [0, 0.05) is 10.5 Å². The van der Waals surface area contributed by atoms with Gasteiger partial charge in [0.25, 0.3) is 5.91 Å². The van der Waals surface area contributed by atoms with E-state index in [0.717, 1.165) is 17.6 Å². The molecule has 0 bridgehead atoms. The molecule has 1 heterocycles. The standard InChI is InChI=1S/C14H19BrN2O/c1-10(11-5-4-8-16-9-11)17-14(18)12-6-2-3-7-13(12)15/h2-3,6-7,10-11,16H,4-5,8-9H2,1H3,(H,17,18). The fraction of sp³-hybridized carbons (Fsp3) is 0.500. The maximum Gasteiger partial charge on any atom is 0.252 e. The first-order valence-electron chi connectivity index (χ1n) is 6.44. The Kier molecular flexibility index (Phi) is 4.78. The molecule has 1 aliphatic rings. The van der Waals surface area contributed by atoms with Gasteiger partial charge in [-0.3, -0.25) is 4.79 Å². The Hall–Kier alpha value is -0.870. The molecule has 0 spiro atoms. The third-order valence-electron chi connectivity index (χ3n) is 3.52. The number of hydrogen-bond donors (Lipinski definition) is 2. The number of halogens is 1. The highest BCUT2D eigenvalue weighted by Gasteiger charge is 2.22. The smallest absolute Gasteiger partial charge is 0.252 e. The van der Waals surface area contributed by atoms with Crippen LogP contribution in [0.5, 0.6) is 0 Å². The molecule has 3 nitrogen and oxygen atoms in total. The summed E-state index contributed by atoms with van der Waals surface area (Å²) in [6.45, 7) is 4.19. The van der Waals surface area contributed by atoms with Crippen molar-refractivity contribution in [2.75, 3.05) is 13.1 Å². The van der Waals surface area contributed by atoms with Crippen molar-refractivity contribution in [1.29, 1.82) is 0 Å². The highest BCUT2D eigenvalue weighted by molar-refractivity contribution is 9.10. The molecule has 1 aliphatic heterocycles. The van der Waals surface area contributed by atoms with Gasteiger partial charge >= 0.3 is 0 Å². The maximum atomic E-state index is 12.2. The molecule has 0 radical (unpaired) electrons. The van der Waals surface area contributed by atoms with Gasteiger partial charge in [-0.25, -0.2) is 0 Å².